The highest BCUT2D eigenvalue weighted by Gasteiger charge is 2.40. The SMILES string of the molecule is CC(C)C1c2nc[nH]c2CCN1C(=O)OCC1CCO1.CC(C)C1c2nc[nH]c2CCN1C(=O)OCCOCC(F)(F)F.CC(C)C1c2nc[nH]c2CCN1C(=O)OCCOc1cccnc1.CC(C)C1c2nc[nH]c2CCN1C(=O)O[C@@H]1CCN(C)C1. The number of aromatic nitrogens is 9. The Hall–Kier alpha value is -7.46. The number of pyridine rings is 1. The first-order chi connectivity index (χ1) is 42.2. The van der Waals surface area contributed by atoms with Crippen molar-refractivity contribution in [3.05, 3.63) is 95.4 Å². The van der Waals surface area contributed by atoms with Crippen LogP contribution in [-0.2, 0) is 54.1 Å². The summed E-state index contributed by atoms with van der Waals surface area (Å²) in [6, 6.07) is 3.32. The minimum absolute atomic E-state index is 0.00614. The Morgan fingerprint density at radius 2 is 1.01 bits per heavy atom. The van der Waals surface area contributed by atoms with Gasteiger partial charge in [-0.2, -0.15) is 13.2 Å². The molecule has 11 heterocycles. The third-order valence-electron chi connectivity index (χ3n) is 16.1. The molecule has 0 spiro atoms. The van der Waals surface area contributed by atoms with Crippen LogP contribution in [0.2, 0.25) is 0 Å². The molecule has 0 aliphatic carbocycles. The smallest absolute Gasteiger partial charge is 0.411 e. The molecule has 0 bridgehead atoms. The van der Waals surface area contributed by atoms with E-state index in [0.717, 1.165) is 97.4 Å². The van der Waals surface area contributed by atoms with Crippen LogP contribution >= 0.6 is 0 Å². The number of aromatic amines is 4. The summed E-state index contributed by atoms with van der Waals surface area (Å²) < 4.78 is 72.5. The van der Waals surface area contributed by atoms with Gasteiger partial charge < -0.3 is 58.0 Å². The Kier molecular flexibility index (Phi) is 23.5. The van der Waals surface area contributed by atoms with Crippen molar-refractivity contribution < 1.29 is 65.5 Å². The highest BCUT2D eigenvalue weighted by Crippen LogP contribution is 2.38. The Labute approximate surface area is 511 Å². The Morgan fingerprint density at radius 3 is 1.38 bits per heavy atom. The van der Waals surface area contributed by atoms with Crippen LogP contribution in [-0.4, -0.2) is 205 Å². The maximum absolute atomic E-state index is 12.6. The fourth-order valence-corrected chi connectivity index (χ4v) is 11.9. The van der Waals surface area contributed by atoms with Gasteiger partial charge in [0.1, 0.15) is 44.9 Å². The van der Waals surface area contributed by atoms with Gasteiger partial charge in [-0.15, -0.1) is 0 Å². The molecule has 88 heavy (non-hydrogen) atoms. The van der Waals surface area contributed by atoms with E-state index in [0.29, 0.717) is 63.4 Å². The predicted molar refractivity (Wildman–Crippen MR) is 314 cm³/mol. The maximum Gasteiger partial charge on any atom is 0.411 e. The maximum atomic E-state index is 12.6. The van der Waals surface area contributed by atoms with Gasteiger partial charge in [0.05, 0.1) is 91.2 Å². The average molecular weight is 1240 g/mol. The van der Waals surface area contributed by atoms with Crippen molar-refractivity contribution in [3.8, 4) is 5.75 Å². The number of likely N-dealkylation sites (tertiary alicyclic amines) is 1. The molecule has 2 saturated heterocycles. The van der Waals surface area contributed by atoms with E-state index >= 15 is 0 Å². The summed E-state index contributed by atoms with van der Waals surface area (Å²) in [6.07, 6.45) is 9.34. The van der Waals surface area contributed by atoms with Crippen molar-refractivity contribution in [2.75, 3.05) is 92.6 Å². The zero-order valence-corrected chi connectivity index (χ0v) is 51.9. The van der Waals surface area contributed by atoms with Crippen LogP contribution in [0, 0.1) is 23.7 Å². The number of amides is 4. The Morgan fingerprint density at radius 1 is 0.591 bits per heavy atom. The van der Waals surface area contributed by atoms with Crippen LogP contribution in [0.5, 0.6) is 5.75 Å². The average Bonchev–Trinajstić information content (AvgIpc) is 3.91. The standard InChI is InChI=1S/C17H22N4O3.C15H24N4O2.C14H20F3N3O3.C14H21N3O3/c1-12(2)16-15-14(19-11-20-15)5-7-21(16)17(22)24-9-8-23-13-4-3-6-18-10-13;1-10(2)14-13-12(16-9-17-13)5-7-19(14)15(20)21-11-4-6-18(3)8-11;1-9(2)12-11-10(18-8-19-11)3-4-20(12)13(21)23-6-5-22-7-14(15,16)17;1-9(2)13-12-11(15-8-16-12)3-5-17(13)14(18)20-7-10-4-6-19-10/h3-4,6,10-12,16H,5,7-9H2,1-2H3,(H,19,20);9-11,14H,4-8H2,1-3H3,(H,16,17);8-9,12H,3-7H2,1-2H3,(H,18,19);8-10,13H,3-7H2,1-2H3,(H,15,16)/t;11-,14?;;/m.1../s1. The highest BCUT2D eigenvalue weighted by atomic mass is 19.4. The van der Waals surface area contributed by atoms with E-state index in [-0.39, 0.29) is 86.3 Å². The van der Waals surface area contributed by atoms with E-state index in [1.165, 1.54) is 0 Å². The predicted octanol–water partition coefficient (Wildman–Crippen LogP) is 8.95. The molecule has 0 aromatic carbocycles. The number of halogens is 3. The summed E-state index contributed by atoms with van der Waals surface area (Å²) in [7, 11) is 2.06. The van der Waals surface area contributed by atoms with Gasteiger partial charge >= 0.3 is 30.5 Å². The molecule has 0 radical (unpaired) electrons. The van der Waals surface area contributed by atoms with Gasteiger partial charge in [-0.1, -0.05) is 55.4 Å². The summed E-state index contributed by atoms with van der Waals surface area (Å²) in [6.45, 7) is 20.6. The van der Waals surface area contributed by atoms with Crippen LogP contribution in [0.25, 0.3) is 0 Å². The summed E-state index contributed by atoms with van der Waals surface area (Å²) in [5.74, 6) is 1.65. The van der Waals surface area contributed by atoms with E-state index < -0.39 is 18.9 Å². The second kappa shape index (κ2) is 31.1. The lowest BCUT2D eigenvalue weighted by molar-refractivity contribution is -0.175. The second-order valence-corrected chi connectivity index (χ2v) is 23.9. The van der Waals surface area contributed by atoms with Crippen molar-refractivity contribution in [2.24, 2.45) is 23.7 Å². The third-order valence-corrected chi connectivity index (χ3v) is 16.1. The van der Waals surface area contributed by atoms with Crippen molar-refractivity contribution in [3.63, 3.8) is 0 Å². The number of H-pyrrole nitrogens is 4. The largest absolute Gasteiger partial charge is 0.488 e. The zero-order chi connectivity index (χ0) is 63.1. The second-order valence-electron chi connectivity index (χ2n) is 23.9. The molecule has 5 aromatic heterocycles. The number of alkyl halides is 3. The number of nitrogens with one attached hydrogen (secondary N) is 4. The molecule has 11 rings (SSSR count). The fourth-order valence-electron chi connectivity index (χ4n) is 11.9. The van der Waals surface area contributed by atoms with Crippen molar-refractivity contribution in [1.82, 2.24) is 69.4 Å². The third kappa shape index (κ3) is 17.4. The van der Waals surface area contributed by atoms with Gasteiger partial charge in [0, 0.05) is 107 Å². The molecule has 4 amide bonds. The quantitative estimate of drug-likeness (QED) is 0.0562. The first kappa shape index (κ1) is 66.5. The van der Waals surface area contributed by atoms with Gasteiger partial charge in [0.2, 0.25) is 0 Å². The summed E-state index contributed by atoms with van der Waals surface area (Å²) in [5.41, 5.74) is 8.13. The molecule has 0 saturated carbocycles. The number of nitrogens with zero attached hydrogens (tertiary/aromatic N) is 10. The molecular formula is C60H87F3N14O11. The van der Waals surface area contributed by atoms with Crippen LogP contribution in [0.4, 0.5) is 32.3 Å². The molecule has 2 fully saturated rings. The molecule has 6 aliphatic rings. The number of hydrogen-bond donors (Lipinski definition) is 4. The van der Waals surface area contributed by atoms with E-state index in [4.69, 9.17) is 28.4 Å². The molecular weight excluding hydrogens is 1150 g/mol. The van der Waals surface area contributed by atoms with E-state index in [2.05, 4.69) is 103 Å². The molecule has 6 atom stereocenters. The van der Waals surface area contributed by atoms with Gasteiger partial charge in [-0.3, -0.25) is 24.6 Å². The van der Waals surface area contributed by atoms with Gasteiger partial charge in [0.25, 0.3) is 0 Å². The van der Waals surface area contributed by atoms with E-state index in [1.54, 1.807) is 58.5 Å². The summed E-state index contributed by atoms with van der Waals surface area (Å²) in [4.78, 5) is 92.7. The lowest BCUT2D eigenvalue weighted by Gasteiger charge is -2.37. The van der Waals surface area contributed by atoms with Crippen LogP contribution in [0.1, 0.15) is 138 Å². The topological polar surface area (TPSA) is 277 Å². The molecule has 5 unspecified atom stereocenters. The molecule has 5 aromatic rings. The number of carbonyl (C=O) groups excluding carboxylic acids is 4. The zero-order valence-electron chi connectivity index (χ0n) is 51.9. The molecule has 4 N–H and O–H groups in total. The lowest BCUT2D eigenvalue weighted by atomic mass is 9.93. The molecule has 25 nitrogen and oxygen atoms in total. The van der Waals surface area contributed by atoms with Gasteiger partial charge in [-0.25, -0.2) is 39.1 Å². The van der Waals surface area contributed by atoms with Gasteiger partial charge in [0.15, 0.2) is 0 Å². The van der Waals surface area contributed by atoms with Crippen LogP contribution in [0.3, 0.4) is 0 Å². The van der Waals surface area contributed by atoms with Crippen LogP contribution < -0.4 is 4.74 Å². The number of ether oxygens (including phenoxy) is 7. The van der Waals surface area contributed by atoms with Crippen molar-refractivity contribution in [2.45, 2.75) is 136 Å². The van der Waals surface area contributed by atoms with Crippen molar-refractivity contribution >= 4 is 24.4 Å². The van der Waals surface area contributed by atoms with Crippen LogP contribution in [0.15, 0.2) is 49.8 Å². The Bertz CT molecular complexity index is 2990. The molecule has 6 aliphatic heterocycles. The number of likely N-dealkylation sites (N-methyl/N-ethyl adjacent to an activating group) is 1. The number of fused-ring (bicyclic) bond motifs is 4. The number of hydrogen-bond acceptors (Lipinski definition) is 17. The fraction of sp³-hybridized carbons (Fsp3) is 0.650. The monoisotopic (exact) mass is 1240 g/mol. The summed E-state index contributed by atoms with van der Waals surface area (Å²) in [5, 5.41) is 0. The number of rotatable bonds is 15. The number of imidazole rings is 4. The first-order valence-corrected chi connectivity index (χ1v) is 30.5. The molecule has 28 heteroatoms. The first-order valence-electron chi connectivity index (χ1n) is 30.5. The Balaban J connectivity index is 0.000000152. The number of carbonyl (C=O) groups is 4. The molecule has 484 valence electrons. The van der Waals surface area contributed by atoms with E-state index in [1.807, 2.05) is 24.8 Å². The summed E-state index contributed by atoms with van der Waals surface area (Å²) >= 11 is 0. The lowest BCUT2D eigenvalue weighted by Crippen LogP contribution is -2.44. The van der Waals surface area contributed by atoms with E-state index in [9.17, 15) is 32.3 Å². The van der Waals surface area contributed by atoms with Gasteiger partial charge in [-0.05, 0) is 49.3 Å². The minimum Gasteiger partial charge on any atom is -0.488 e. The minimum atomic E-state index is -4.38. The normalized spacial score (nSPS) is 21.3. The highest BCUT2D eigenvalue weighted by molar-refractivity contribution is 5.70. The van der Waals surface area contributed by atoms with Crippen molar-refractivity contribution in [1.29, 1.82) is 0 Å².